The van der Waals surface area contributed by atoms with Gasteiger partial charge in [0.1, 0.15) is 5.75 Å². The van der Waals surface area contributed by atoms with E-state index in [1.165, 1.54) is 44.5 Å². The molecule has 1 unspecified atom stereocenters. The molecule has 0 bridgehead atoms. The van der Waals surface area contributed by atoms with Crippen molar-refractivity contribution in [3.63, 3.8) is 0 Å². The van der Waals surface area contributed by atoms with Gasteiger partial charge >= 0.3 is 0 Å². The lowest BCUT2D eigenvalue weighted by molar-refractivity contribution is 0.188. The highest BCUT2D eigenvalue weighted by Gasteiger charge is 2.18. The second kappa shape index (κ2) is 11.2. The molecule has 1 fully saturated rings. The first-order valence-electron chi connectivity index (χ1n) is 10.5. The van der Waals surface area contributed by atoms with Gasteiger partial charge in [-0.05, 0) is 71.7 Å². The van der Waals surface area contributed by atoms with Crippen LogP contribution in [0.2, 0.25) is 0 Å². The molecule has 0 aromatic heterocycles. The van der Waals surface area contributed by atoms with Crippen LogP contribution in [0.5, 0.6) is 5.75 Å². The van der Waals surface area contributed by atoms with Crippen LogP contribution in [0.15, 0.2) is 23.2 Å². The number of methoxy groups -OCH3 is 1. The third kappa shape index (κ3) is 6.73. The van der Waals surface area contributed by atoms with Gasteiger partial charge in [-0.25, -0.2) is 0 Å². The Kier molecular flexibility index (Phi) is 8.92. The highest BCUT2D eigenvalue weighted by atomic mass is 16.5. The van der Waals surface area contributed by atoms with Crippen LogP contribution in [0, 0.1) is 12.8 Å². The van der Waals surface area contributed by atoms with Crippen LogP contribution in [0.25, 0.3) is 0 Å². The summed E-state index contributed by atoms with van der Waals surface area (Å²) in [5.41, 5.74) is 2.40. The number of likely N-dealkylation sites (tertiary alicyclic amines) is 1. The van der Waals surface area contributed by atoms with Gasteiger partial charge in [0.25, 0.3) is 0 Å². The number of aryl methyl sites for hydroxylation is 1. The molecule has 2 N–H and O–H groups in total. The van der Waals surface area contributed by atoms with Crippen LogP contribution in [0.1, 0.15) is 57.2 Å². The fourth-order valence-electron chi connectivity index (χ4n) is 3.75. The third-order valence-corrected chi connectivity index (χ3v) is 5.51. The van der Waals surface area contributed by atoms with E-state index in [9.17, 15) is 0 Å². The summed E-state index contributed by atoms with van der Waals surface area (Å²) >= 11 is 0. The Morgan fingerprint density at radius 3 is 2.67 bits per heavy atom. The lowest BCUT2D eigenvalue weighted by Crippen LogP contribution is -2.39. The molecule has 1 aromatic carbocycles. The minimum atomic E-state index is 0.130. The first-order valence-corrected chi connectivity index (χ1v) is 10.5. The maximum absolute atomic E-state index is 5.54. The SMILES string of the molecule is CCNC(=NCCC1CCN(CC)CC1)NC(C)c1cc(C)ccc1OC. The predicted octanol–water partition coefficient (Wildman–Crippen LogP) is 3.74. The predicted molar refractivity (Wildman–Crippen MR) is 115 cm³/mol. The molecule has 1 atom stereocenters. The van der Waals surface area contributed by atoms with E-state index >= 15 is 0 Å². The van der Waals surface area contributed by atoms with Crippen molar-refractivity contribution in [1.82, 2.24) is 15.5 Å². The Labute approximate surface area is 165 Å². The molecule has 0 radical (unpaired) electrons. The van der Waals surface area contributed by atoms with Crippen LogP contribution in [0.4, 0.5) is 0 Å². The molecular weight excluding hydrogens is 336 g/mol. The number of nitrogens with one attached hydrogen (secondary N) is 2. The molecule has 1 aliphatic heterocycles. The van der Waals surface area contributed by atoms with E-state index < -0.39 is 0 Å². The number of aliphatic imine (C=N–C) groups is 1. The van der Waals surface area contributed by atoms with Crippen LogP contribution in [-0.2, 0) is 0 Å². The minimum Gasteiger partial charge on any atom is -0.496 e. The van der Waals surface area contributed by atoms with Crippen molar-refractivity contribution in [2.24, 2.45) is 10.9 Å². The van der Waals surface area contributed by atoms with Gasteiger partial charge in [-0.2, -0.15) is 0 Å². The molecule has 2 rings (SSSR count). The fourth-order valence-corrected chi connectivity index (χ4v) is 3.75. The second-order valence-corrected chi connectivity index (χ2v) is 7.54. The number of guanidine groups is 1. The number of rotatable bonds is 8. The molecule has 0 aliphatic carbocycles. The molecule has 0 amide bonds. The standard InChI is InChI=1S/C22H38N4O/c1-6-23-22(24-13-10-19-11-14-26(7-2)15-12-19)25-18(4)20-16-17(3)8-9-21(20)27-5/h8-9,16,18-19H,6-7,10-15H2,1-5H3,(H2,23,24,25). The van der Waals surface area contributed by atoms with Crippen LogP contribution >= 0.6 is 0 Å². The van der Waals surface area contributed by atoms with Crippen molar-refractivity contribution in [3.8, 4) is 5.75 Å². The van der Waals surface area contributed by atoms with Gasteiger partial charge in [0.15, 0.2) is 5.96 Å². The van der Waals surface area contributed by atoms with Gasteiger partial charge in [0.05, 0.1) is 13.2 Å². The topological polar surface area (TPSA) is 48.9 Å². The molecule has 27 heavy (non-hydrogen) atoms. The van der Waals surface area contributed by atoms with E-state index in [0.717, 1.165) is 36.3 Å². The molecule has 0 spiro atoms. The first-order chi connectivity index (χ1) is 13.1. The number of hydrogen-bond acceptors (Lipinski definition) is 3. The van der Waals surface area contributed by atoms with Crippen molar-refractivity contribution in [2.45, 2.75) is 53.0 Å². The lowest BCUT2D eigenvalue weighted by Gasteiger charge is -2.30. The Hall–Kier alpha value is -1.75. The van der Waals surface area contributed by atoms with E-state index in [0.29, 0.717) is 0 Å². The van der Waals surface area contributed by atoms with Crippen molar-refractivity contribution in [3.05, 3.63) is 29.3 Å². The molecule has 1 saturated heterocycles. The van der Waals surface area contributed by atoms with E-state index in [1.54, 1.807) is 7.11 Å². The monoisotopic (exact) mass is 374 g/mol. The molecule has 1 aliphatic rings. The van der Waals surface area contributed by atoms with E-state index in [4.69, 9.17) is 9.73 Å². The second-order valence-electron chi connectivity index (χ2n) is 7.54. The average molecular weight is 375 g/mol. The Bertz CT molecular complexity index is 594. The summed E-state index contributed by atoms with van der Waals surface area (Å²) < 4.78 is 5.54. The third-order valence-electron chi connectivity index (χ3n) is 5.51. The minimum absolute atomic E-state index is 0.130. The summed E-state index contributed by atoms with van der Waals surface area (Å²) in [5, 5.41) is 6.92. The molecule has 5 heteroatoms. The van der Waals surface area contributed by atoms with Gasteiger partial charge in [-0.3, -0.25) is 4.99 Å². The molecule has 5 nitrogen and oxygen atoms in total. The highest BCUT2D eigenvalue weighted by molar-refractivity contribution is 5.80. The summed E-state index contributed by atoms with van der Waals surface area (Å²) in [4.78, 5) is 7.37. The number of hydrogen-bond donors (Lipinski definition) is 2. The largest absolute Gasteiger partial charge is 0.496 e. The van der Waals surface area contributed by atoms with Gasteiger partial charge < -0.3 is 20.3 Å². The summed E-state index contributed by atoms with van der Waals surface area (Å²) in [7, 11) is 1.73. The quantitative estimate of drug-likeness (QED) is 0.538. The Balaban J connectivity index is 1.92. The van der Waals surface area contributed by atoms with Crippen LogP contribution < -0.4 is 15.4 Å². The normalized spacial score (nSPS) is 17.6. The maximum atomic E-state index is 5.54. The van der Waals surface area contributed by atoms with Crippen LogP contribution in [-0.4, -0.2) is 50.7 Å². The van der Waals surface area contributed by atoms with E-state index in [1.807, 2.05) is 6.07 Å². The average Bonchev–Trinajstić information content (AvgIpc) is 2.68. The highest BCUT2D eigenvalue weighted by Crippen LogP contribution is 2.26. The van der Waals surface area contributed by atoms with E-state index in [2.05, 4.69) is 55.4 Å². The zero-order valence-electron chi connectivity index (χ0n) is 17.8. The van der Waals surface area contributed by atoms with Gasteiger partial charge in [0.2, 0.25) is 0 Å². The van der Waals surface area contributed by atoms with Crippen molar-refractivity contribution < 1.29 is 4.74 Å². The number of piperidine rings is 1. The lowest BCUT2D eigenvalue weighted by atomic mass is 9.94. The van der Waals surface area contributed by atoms with Crippen molar-refractivity contribution >= 4 is 5.96 Å². The fraction of sp³-hybridized carbons (Fsp3) is 0.682. The van der Waals surface area contributed by atoms with Crippen molar-refractivity contribution in [2.75, 3.05) is 39.8 Å². The molecular formula is C22H38N4O. The number of ether oxygens (including phenoxy) is 1. The summed E-state index contributed by atoms with van der Waals surface area (Å²) in [5.74, 6) is 2.62. The van der Waals surface area contributed by atoms with Crippen LogP contribution in [0.3, 0.4) is 0 Å². The summed E-state index contributed by atoms with van der Waals surface area (Å²) in [6.07, 6.45) is 3.80. The number of nitrogens with zero attached hydrogens (tertiary/aromatic N) is 2. The zero-order chi connectivity index (χ0) is 19.6. The zero-order valence-corrected chi connectivity index (χ0v) is 17.8. The molecule has 1 heterocycles. The Morgan fingerprint density at radius 1 is 1.30 bits per heavy atom. The maximum Gasteiger partial charge on any atom is 0.191 e. The summed E-state index contributed by atoms with van der Waals surface area (Å²) in [6, 6.07) is 6.43. The molecule has 0 saturated carbocycles. The number of benzene rings is 1. The smallest absolute Gasteiger partial charge is 0.191 e. The van der Waals surface area contributed by atoms with Gasteiger partial charge in [-0.15, -0.1) is 0 Å². The first kappa shape index (κ1) is 21.5. The Morgan fingerprint density at radius 2 is 2.04 bits per heavy atom. The van der Waals surface area contributed by atoms with Crippen molar-refractivity contribution in [1.29, 1.82) is 0 Å². The molecule has 1 aromatic rings. The van der Waals surface area contributed by atoms with E-state index in [-0.39, 0.29) is 6.04 Å². The molecule has 152 valence electrons. The van der Waals surface area contributed by atoms with Gasteiger partial charge in [0, 0.05) is 18.7 Å². The summed E-state index contributed by atoms with van der Waals surface area (Å²) in [6.45, 7) is 14.0. The van der Waals surface area contributed by atoms with Gasteiger partial charge in [-0.1, -0.05) is 24.6 Å².